The summed E-state index contributed by atoms with van der Waals surface area (Å²) in [4.78, 5) is 7.34. The fraction of sp³-hybridized carbons (Fsp3) is 0. The van der Waals surface area contributed by atoms with E-state index >= 15 is 0 Å². The maximum Gasteiger partial charge on any atom is 0.227 e. The summed E-state index contributed by atoms with van der Waals surface area (Å²) in [6.45, 7) is 0. The molecule has 0 spiro atoms. The maximum absolute atomic E-state index is 6.62. The molecule has 0 saturated carbocycles. The Morgan fingerprint density at radius 3 is 1.77 bits per heavy atom. The standard InChI is InChI=1S/C53H34N2O2/c1-3-14-37(15-4-1)44-19-9-11-21-48(44)55(42-29-25-36(26-30-42)41-24-23-35-13-7-8-18-40(35)33-41)43-31-27-38(28-32-43)50-51-46(45-20-10-12-22-49(45)56-51)34-47-52(50)57-53(54-47)39-16-5-2-6-17-39/h1-34H. The minimum absolute atomic E-state index is 0.580. The smallest absolute Gasteiger partial charge is 0.227 e. The Bertz CT molecular complexity index is 3220. The minimum Gasteiger partial charge on any atom is -0.455 e. The van der Waals surface area contributed by atoms with Crippen molar-refractivity contribution in [2.45, 2.75) is 0 Å². The molecule has 0 N–H and O–H groups in total. The average Bonchev–Trinajstić information content (AvgIpc) is 3.88. The van der Waals surface area contributed by atoms with E-state index in [1.165, 1.54) is 21.9 Å². The maximum atomic E-state index is 6.62. The van der Waals surface area contributed by atoms with Gasteiger partial charge in [0.25, 0.3) is 0 Å². The summed E-state index contributed by atoms with van der Waals surface area (Å²) < 4.78 is 13.2. The van der Waals surface area contributed by atoms with Gasteiger partial charge in [-0.15, -0.1) is 0 Å². The Morgan fingerprint density at radius 2 is 1.00 bits per heavy atom. The molecule has 11 aromatic rings. The van der Waals surface area contributed by atoms with Gasteiger partial charge in [0.15, 0.2) is 5.58 Å². The van der Waals surface area contributed by atoms with Crippen molar-refractivity contribution in [2.24, 2.45) is 0 Å². The SMILES string of the molecule is c1ccc(-c2nc3cc4c(oc5ccccc54)c(-c4ccc(N(c5ccc(-c6ccc7ccccc7c6)cc5)c5ccccc5-c5ccccc5)cc4)c3o2)cc1. The minimum atomic E-state index is 0.580. The van der Waals surface area contributed by atoms with Crippen LogP contribution >= 0.6 is 0 Å². The first-order chi connectivity index (χ1) is 28.2. The molecule has 268 valence electrons. The first-order valence-corrected chi connectivity index (χ1v) is 19.2. The molecule has 0 atom stereocenters. The number of furan rings is 1. The highest BCUT2D eigenvalue weighted by atomic mass is 16.4. The van der Waals surface area contributed by atoms with E-state index in [0.29, 0.717) is 11.5 Å². The van der Waals surface area contributed by atoms with Crippen LogP contribution < -0.4 is 4.90 Å². The molecule has 0 saturated heterocycles. The third kappa shape index (κ3) is 5.74. The van der Waals surface area contributed by atoms with E-state index in [2.05, 4.69) is 163 Å². The van der Waals surface area contributed by atoms with Crippen molar-refractivity contribution in [3.8, 4) is 44.8 Å². The number of fused-ring (bicyclic) bond motifs is 5. The van der Waals surface area contributed by atoms with Gasteiger partial charge < -0.3 is 13.7 Å². The van der Waals surface area contributed by atoms with Crippen LogP contribution in [0.1, 0.15) is 0 Å². The molecule has 0 aliphatic rings. The monoisotopic (exact) mass is 730 g/mol. The van der Waals surface area contributed by atoms with Crippen molar-refractivity contribution in [1.29, 1.82) is 0 Å². The zero-order valence-electron chi connectivity index (χ0n) is 30.8. The van der Waals surface area contributed by atoms with Gasteiger partial charge in [-0.05, 0) is 93.7 Å². The van der Waals surface area contributed by atoms with Gasteiger partial charge in [0.05, 0.1) is 11.3 Å². The molecule has 57 heavy (non-hydrogen) atoms. The van der Waals surface area contributed by atoms with Crippen LogP contribution in [-0.4, -0.2) is 4.98 Å². The molecule has 0 aliphatic heterocycles. The molecule has 9 aromatic carbocycles. The van der Waals surface area contributed by atoms with Gasteiger partial charge in [0.1, 0.15) is 16.7 Å². The van der Waals surface area contributed by atoms with Crippen LogP contribution in [0.15, 0.2) is 215 Å². The first-order valence-electron chi connectivity index (χ1n) is 19.2. The lowest BCUT2D eigenvalue weighted by molar-refractivity contribution is 0.619. The summed E-state index contributed by atoms with van der Waals surface area (Å²) in [5.74, 6) is 0.580. The summed E-state index contributed by atoms with van der Waals surface area (Å²) in [6.07, 6.45) is 0. The Labute approximate surface area is 329 Å². The normalized spacial score (nSPS) is 11.5. The zero-order chi connectivity index (χ0) is 37.7. The largest absolute Gasteiger partial charge is 0.455 e. The molecule has 0 bridgehead atoms. The molecule has 11 rings (SSSR count). The van der Waals surface area contributed by atoms with E-state index < -0.39 is 0 Å². The van der Waals surface area contributed by atoms with Gasteiger partial charge in [0.2, 0.25) is 5.89 Å². The molecule has 2 aromatic heterocycles. The van der Waals surface area contributed by atoms with Crippen LogP contribution in [0.5, 0.6) is 0 Å². The molecule has 4 heteroatoms. The second-order valence-electron chi connectivity index (χ2n) is 14.3. The third-order valence-corrected chi connectivity index (χ3v) is 10.9. The average molecular weight is 731 g/mol. The number of hydrogen-bond donors (Lipinski definition) is 0. The highest BCUT2D eigenvalue weighted by molar-refractivity contribution is 6.16. The Balaban J connectivity index is 1.07. The van der Waals surface area contributed by atoms with Gasteiger partial charge in [-0.3, -0.25) is 0 Å². The zero-order valence-corrected chi connectivity index (χ0v) is 30.8. The summed E-state index contributed by atoms with van der Waals surface area (Å²) in [5.41, 5.74) is 13.7. The first kappa shape index (κ1) is 32.7. The topological polar surface area (TPSA) is 42.4 Å². The van der Waals surface area contributed by atoms with Crippen molar-refractivity contribution in [2.75, 3.05) is 4.90 Å². The van der Waals surface area contributed by atoms with Crippen LogP contribution in [0.4, 0.5) is 17.1 Å². The van der Waals surface area contributed by atoms with Crippen molar-refractivity contribution in [1.82, 2.24) is 4.98 Å². The fourth-order valence-corrected chi connectivity index (χ4v) is 8.12. The van der Waals surface area contributed by atoms with E-state index in [4.69, 9.17) is 13.8 Å². The quantitative estimate of drug-likeness (QED) is 0.164. The highest BCUT2D eigenvalue weighted by Gasteiger charge is 2.23. The number of benzene rings is 9. The lowest BCUT2D eigenvalue weighted by Gasteiger charge is -2.28. The number of aromatic nitrogens is 1. The summed E-state index contributed by atoms with van der Waals surface area (Å²) in [5, 5.41) is 4.53. The van der Waals surface area contributed by atoms with E-state index in [9.17, 15) is 0 Å². The van der Waals surface area contributed by atoms with Crippen LogP contribution in [0.3, 0.4) is 0 Å². The second kappa shape index (κ2) is 13.6. The number of rotatable bonds is 7. The number of nitrogens with zero attached hydrogens (tertiary/aromatic N) is 2. The van der Waals surface area contributed by atoms with E-state index in [1.54, 1.807) is 0 Å². The fourth-order valence-electron chi connectivity index (χ4n) is 8.12. The predicted molar refractivity (Wildman–Crippen MR) is 235 cm³/mol. The Morgan fingerprint density at radius 1 is 0.386 bits per heavy atom. The molecule has 0 aliphatic carbocycles. The number of hydrogen-bond acceptors (Lipinski definition) is 4. The molecule has 2 heterocycles. The lowest BCUT2D eigenvalue weighted by Crippen LogP contribution is -2.11. The van der Waals surface area contributed by atoms with Gasteiger partial charge in [-0.2, -0.15) is 0 Å². The Kier molecular flexibility index (Phi) is 7.78. The van der Waals surface area contributed by atoms with E-state index in [1.807, 2.05) is 48.5 Å². The molecule has 0 fully saturated rings. The molecule has 4 nitrogen and oxygen atoms in total. The van der Waals surface area contributed by atoms with Gasteiger partial charge in [0, 0.05) is 33.3 Å². The van der Waals surface area contributed by atoms with Gasteiger partial charge in [-0.1, -0.05) is 146 Å². The van der Waals surface area contributed by atoms with Crippen molar-refractivity contribution in [3.63, 3.8) is 0 Å². The summed E-state index contributed by atoms with van der Waals surface area (Å²) >= 11 is 0. The molecular weight excluding hydrogens is 697 g/mol. The molecule has 0 radical (unpaired) electrons. The summed E-state index contributed by atoms with van der Waals surface area (Å²) in [7, 11) is 0. The van der Waals surface area contributed by atoms with Crippen LogP contribution in [0, 0.1) is 0 Å². The molecule has 0 amide bonds. The highest BCUT2D eigenvalue weighted by Crippen LogP contribution is 2.45. The number of anilines is 3. The Hall–Kier alpha value is -7.69. The number of para-hydroxylation sites is 2. The third-order valence-electron chi connectivity index (χ3n) is 10.9. The van der Waals surface area contributed by atoms with Crippen LogP contribution in [-0.2, 0) is 0 Å². The van der Waals surface area contributed by atoms with Gasteiger partial charge in [-0.25, -0.2) is 4.98 Å². The van der Waals surface area contributed by atoms with Crippen LogP contribution in [0.25, 0.3) is 88.6 Å². The molecule has 0 unspecified atom stereocenters. The van der Waals surface area contributed by atoms with Crippen LogP contribution in [0.2, 0.25) is 0 Å². The van der Waals surface area contributed by atoms with Crippen molar-refractivity contribution < 1.29 is 8.83 Å². The van der Waals surface area contributed by atoms with Crippen molar-refractivity contribution in [3.05, 3.63) is 206 Å². The number of oxazole rings is 1. The van der Waals surface area contributed by atoms with E-state index in [0.717, 1.165) is 72.3 Å². The molecular formula is C53H34N2O2. The van der Waals surface area contributed by atoms with E-state index in [-0.39, 0.29) is 0 Å². The summed E-state index contributed by atoms with van der Waals surface area (Å²) in [6, 6.07) is 72.3. The van der Waals surface area contributed by atoms with Gasteiger partial charge >= 0.3 is 0 Å². The lowest BCUT2D eigenvalue weighted by atomic mass is 9.98. The van der Waals surface area contributed by atoms with Crippen molar-refractivity contribution >= 4 is 60.9 Å². The predicted octanol–water partition coefficient (Wildman–Crippen LogP) is 15.0. The second-order valence-corrected chi connectivity index (χ2v) is 14.3.